The molecule has 5 heterocycles. The molecule has 384 valence electrons. The summed E-state index contributed by atoms with van der Waals surface area (Å²) in [6, 6.07) is 15.6. The summed E-state index contributed by atoms with van der Waals surface area (Å²) in [5, 5.41) is 16.0. The molecule has 0 unspecified atom stereocenters. The van der Waals surface area contributed by atoms with E-state index in [1.807, 2.05) is 58.0 Å². The van der Waals surface area contributed by atoms with Crippen LogP contribution in [0.4, 0.5) is 25.8 Å². The van der Waals surface area contributed by atoms with E-state index in [0.29, 0.717) is 46.3 Å². The number of carbonyl (C=O) groups excluding carboxylic acids is 2. The predicted molar refractivity (Wildman–Crippen MR) is 293 cm³/mol. The zero-order chi connectivity index (χ0) is 56.5. The number of aromatic nitrogens is 3. The topological polar surface area (TPSA) is 176 Å². The van der Waals surface area contributed by atoms with Crippen molar-refractivity contribution in [1.29, 1.82) is 0 Å². The Morgan fingerprint density at radius 2 is 1.15 bits per heavy atom. The number of H-pyrrole nitrogens is 1. The number of fused-ring (bicyclic) bond motifs is 3. The van der Waals surface area contributed by atoms with Crippen molar-refractivity contribution in [1.82, 2.24) is 25.6 Å². The molecule has 14 nitrogen and oxygen atoms in total. The van der Waals surface area contributed by atoms with Crippen molar-refractivity contribution in [2.24, 2.45) is 11.8 Å². The molecule has 0 aliphatic carbocycles. The van der Waals surface area contributed by atoms with Crippen LogP contribution in [0, 0.1) is 65.2 Å². The number of ether oxygens (including phenoxy) is 1. The van der Waals surface area contributed by atoms with Crippen molar-refractivity contribution in [3.63, 3.8) is 0 Å². The average molecular weight is 1100 g/mol. The monoisotopic (exact) mass is 1100 g/mol. The summed E-state index contributed by atoms with van der Waals surface area (Å²) in [6.45, 7) is 31.9. The van der Waals surface area contributed by atoms with Gasteiger partial charge in [-0.1, -0.05) is 57.9 Å². The highest BCUT2D eigenvalue weighted by molar-refractivity contribution is 8.24. The van der Waals surface area contributed by atoms with E-state index in [1.54, 1.807) is 49.8 Å². The molecule has 2 aliphatic heterocycles. The highest BCUT2D eigenvalue weighted by atomic mass is 36.0. The van der Waals surface area contributed by atoms with Crippen molar-refractivity contribution >= 4 is 120 Å². The number of hydrogen-bond acceptors (Lipinski definition) is 8. The summed E-state index contributed by atoms with van der Waals surface area (Å²) >= 11 is 19.8. The summed E-state index contributed by atoms with van der Waals surface area (Å²) in [6.07, 6.45) is 11.1. The summed E-state index contributed by atoms with van der Waals surface area (Å²) in [7, 11) is 5.75. The number of nitrogens with one attached hydrogen (secondary N) is 3. The van der Waals surface area contributed by atoms with E-state index in [2.05, 4.69) is 94.5 Å². The molecule has 2 amide bonds. The van der Waals surface area contributed by atoms with Crippen LogP contribution in [0.25, 0.3) is 46.9 Å². The minimum atomic E-state index is -3.22. The fourth-order valence-corrected chi connectivity index (χ4v) is 7.63. The van der Waals surface area contributed by atoms with Gasteiger partial charge in [0.2, 0.25) is 5.88 Å². The number of hydrogen-bond donors (Lipinski definition) is 4. The number of aliphatic hydroxyl groups is 1. The average Bonchev–Trinajstić information content (AvgIpc) is 3.84. The number of aryl methyl sites for hydroxylation is 3. The van der Waals surface area contributed by atoms with Gasteiger partial charge in [0.25, 0.3) is 17.4 Å². The summed E-state index contributed by atoms with van der Waals surface area (Å²) in [4.78, 5) is 54.8. The maximum Gasteiger partial charge on any atom is 0.339 e. The van der Waals surface area contributed by atoms with Gasteiger partial charge in [0.1, 0.15) is 11.8 Å². The Morgan fingerprint density at radius 3 is 1.59 bits per heavy atom. The van der Waals surface area contributed by atoms with E-state index in [9.17, 15) is 27.7 Å². The second-order valence-corrected chi connectivity index (χ2v) is 22.4. The van der Waals surface area contributed by atoms with Gasteiger partial charge < -0.3 is 25.5 Å². The molecule has 73 heavy (non-hydrogen) atoms. The molecular formula is C51H54BCl4F2N8O6P. The van der Waals surface area contributed by atoms with Crippen LogP contribution in [0.2, 0.25) is 12.0 Å². The molecule has 2 aliphatic rings. The maximum absolute atomic E-state index is 13.8. The standard InChI is InChI=1S/C18H18FN3O2.C11H7ClN2.C11H8N2O.C7H12FNO2.C2H2.CH3B.CH4.Cl3OP/c1-4-12-15(22-17(23)16(12)19)9-24-18-13-7-10(2)14(20-3)8-11(13)5-6-21-18;1-7-5-9-8(6-10(7)13-2)3-4-14-11(9)12;1-7-5-9-8(6-10(7)12-2)3-4-13-11(9)14;1-2-4-5(3-10)9-7(11)6(4)8;2*1-2;;1-5(2,3)4/h5-8,12,15-16H,4,9H2,1-2H3,(H,22,23);3-6H,1H3;3-6H,1H3,(H,13,14);4-6,10H,2-3H2,1H3,(H,9,11);1-2H;1H3;1H4;/t12-,15+,16-;;;4-,5+,6-;;;;/m0..0..../s1/i;;;;;;1D;. The van der Waals surface area contributed by atoms with Crippen molar-refractivity contribution in [2.75, 3.05) is 13.2 Å². The van der Waals surface area contributed by atoms with Gasteiger partial charge in [0.15, 0.2) is 29.4 Å². The van der Waals surface area contributed by atoms with Crippen LogP contribution in [0.5, 0.6) is 5.88 Å². The number of halogens is 6. The van der Waals surface area contributed by atoms with Crippen LogP contribution >= 0.6 is 50.5 Å². The summed E-state index contributed by atoms with van der Waals surface area (Å²) in [5.74, 6) is -1.47. The third-order valence-corrected chi connectivity index (χ3v) is 11.3. The van der Waals surface area contributed by atoms with Crippen LogP contribution in [0.1, 0.15) is 52.2 Å². The first kappa shape index (κ1) is 62.9. The number of alkyl halides is 2. The van der Waals surface area contributed by atoms with E-state index in [-0.39, 0.29) is 42.7 Å². The van der Waals surface area contributed by atoms with Gasteiger partial charge in [-0.25, -0.2) is 33.3 Å². The number of benzene rings is 3. The molecule has 0 bridgehead atoms. The third kappa shape index (κ3) is 18.3. The first-order valence-electron chi connectivity index (χ1n) is 22.6. The van der Waals surface area contributed by atoms with E-state index in [1.165, 1.54) is 14.2 Å². The van der Waals surface area contributed by atoms with Crippen LogP contribution in [0.15, 0.2) is 78.0 Å². The molecule has 6 atom stereocenters. The quantitative estimate of drug-likeness (QED) is 0.0419. The lowest BCUT2D eigenvalue weighted by atomic mass is 9.97. The molecule has 2 saturated heterocycles. The number of pyridine rings is 3. The van der Waals surface area contributed by atoms with Gasteiger partial charge in [-0.2, -0.15) is 0 Å². The first-order chi connectivity index (χ1) is 35.2. The molecule has 6 aromatic rings. The lowest BCUT2D eigenvalue weighted by molar-refractivity contribution is -0.124. The SMILES string of the molecule is C#C.CC[C@@H]1[C@H](F)C(=O)N[C@@H]1CO.O=P(Cl)(Cl)Cl.[2H]C.[B]C.[C-]#[N+]c1cc2cc[nH]c(=O)c2cc1C.[C-]#[N+]c1cc2ccnc(Cl)c2cc1C.[C-]#[N+]c1cc2ccnc(OC[C@H]3NC(=O)[C@@H](F)[C@H]3CC)c2cc1C. The van der Waals surface area contributed by atoms with Crippen LogP contribution < -0.4 is 20.9 Å². The van der Waals surface area contributed by atoms with E-state index < -0.39 is 29.4 Å². The maximum atomic E-state index is 13.8. The second kappa shape index (κ2) is 31.4. The van der Waals surface area contributed by atoms with Crippen LogP contribution in [-0.2, 0) is 14.2 Å². The van der Waals surface area contributed by atoms with Gasteiger partial charge in [0.05, 0.1) is 46.3 Å². The Labute approximate surface area is 446 Å². The molecule has 0 saturated carbocycles. The van der Waals surface area contributed by atoms with Gasteiger partial charge in [-0.15, -0.1) is 12.8 Å². The number of amides is 2. The summed E-state index contributed by atoms with van der Waals surface area (Å²) < 4.78 is 47.8. The Balaban J connectivity index is 0.000000479. The molecule has 4 N–H and O–H groups in total. The van der Waals surface area contributed by atoms with Crippen molar-refractivity contribution in [2.45, 2.75) is 86.1 Å². The Hall–Kier alpha value is -6.27. The first-order valence-corrected chi connectivity index (χ1v) is 26.4. The Bertz CT molecular complexity index is 3110. The number of aliphatic hydroxyl groups excluding tert-OH is 1. The molecule has 2 fully saturated rings. The van der Waals surface area contributed by atoms with Crippen molar-refractivity contribution < 1.29 is 34.1 Å². The van der Waals surface area contributed by atoms with Gasteiger partial charge in [0, 0.05) is 48.0 Å². The number of carbonyl (C=O) groups is 2. The van der Waals surface area contributed by atoms with Crippen LogP contribution in [0.3, 0.4) is 0 Å². The second-order valence-electron chi connectivity index (χ2n) is 15.4. The minimum absolute atomic E-state index is 0.109. The van der Waals surface area contributed by atoms with Gasteiger partial charge in [-0.05, 0) is 137 Å². The normalized spacial score (nSPS) is 18.1. The Kier molecular flexibility index (Phi) is 27.0. The molecule has 2 radical (unpaired) electrons. The third-order valence-electron chi connectivity index (χ3n) is 11.0. The molecule has 8 rings (SSSR count). The van der Waals surface area contributed by atoms with Crippen molar-refractivity contribution in [3.8, 4) is 18.7 Å². The van der Waals surface area contributed by atoms with Gasteiger partial charge in [-0.3, -0.25) is 18.9 Å². The fraction of sp³-hybridized carbons (Fsp3) is 0.333. The molecule has 3 aromatic heterocycles. The Morgan fingerprint density at radius 1 is 0.753 bits per heavy atom. The number of terminal acetylenes is 1. The van der Waals surface area contributed by atoms with E-state index in [4.69, 9.17) is 42.5 Å². The lowest BCUT2D eigenvalue weighted by Crippen LogP contribution is -2.34. The molecule has 22 heteroatoms. The molecular weight excluding hydrogens is 1040 g/mol. The van der Waals surface area contributed by atoms with E-state index >= 15 is 0 Å². The van der Waals surface area contributed by atoms with E-state index in [0.717, 1.165) is 43.6 Å². The zero-order valence-corrected chi connectivity index (χ0v) is 44.8. The predicted octanol–water partition coefficient (Wildman–Crippen LogP) is 13.2. The summed E-state index contributed by atoms with van der Waals surface area (Å²) in [5.41, 5.74) is 4.37. The number of rotatable bonds is 6. The van der Waals surface area contributed by atoms with Crippen molar-refractivity contribution in [3.05, 3.63) is 140 Å². The fourth-order valence-electron chi connectivity index (χ4n) is 7.41. The number of nitrogens with zero attached hydrogens (tertiary/aromatic N) is 5. The van der Waals surface area contributed by atoms with Crippen LogP contribution in [-0.4, -0.2) is 77.4 Å². The molecule has 0 spiro atoms. The minimum Gasteiger partial charge on any atom is -0.475 e. The highest BCUT2D eigenvalue weighted by Gasteiger charge is 2.42. The zero-order valence-electron chi connectivity index (χ0n) is 41.9. The molecule has 3 aromatic carbocycles. The lowest BCUT2D eigenvalue weighted by Gasteiger charge is -2.18. The number of aromatic amines is 1. The highest BCUT2D eigenvalue weighted by Crippen LogP contribution is 2.61. The van der Waals surface area contributed by atoms with Gasteiger partial charge >= 0.3 is 5.20 Å². The largest absolute Gasteiger partial charge is 0.475 e. The smallest absolute Gasteiger partial charge is 0.339 e.